The van der Waals surface area contributed by atoms with Crippen LogP contribution in [0.5, 0.6) is 0 Å². The Hall–Kier alpha value is -1.08. The van der Waals surface area contributed by atoms with Crippen LogP contribution >= 0.6 is 27.3 Å². The maximum absolute atomic E-state index is 11.7. The van der Waals surface area contributed by atoms with Gasteiger partial charge in [-0.25, -0.2) is 4.79 Å². The maximum atomic E-state index is 11.7. The van der Waals surface area contributed by atoms with Gasteiger partial charge in [0.25, 0.3) is 0 Å². The lowest BCUT2D eigenvalue weighted by Gasteiger charge is -2.16. The fraction of sp³-hybridized carbons (Fsp3) is 0.500. The summed E-state index contributed by atoms with van der Waals surface area (Å²) in [5.41, 5.74) is 0. The lowest BCUT2D eigenvalue weighted by Crippen LogP contribution is -2.37. The van der Waals surface area contributed by atoms with Crippen molar-refractivity contribution in [1.82, 2.24) is 10.2 Å². The molecule has 0 aromatic carbocycles. The first kappa shape index (κ1) is 16.0. The van der Waals surface area contributed by atoms with E-state index in [2.05, 4.69) is 21.2 Å². The van der Waals surface area contributed by atoms with Crippen LogP contribution in [-0.4, -0.2) is 35.6 Å². The van der Waals surface area contributed by atoms with Gasteiger partial charge < -0.3 is 15.3 Å². The number of carbonyl (C=O) groups excluding carboxylic acids is 1. The third-order valence-corrected chi connectivity index (χ3v) is 4.14. The first-order valence-corrected chi connectivity index (χ1v) is 7.60. The van der Waals surface area contributed by atoms with Crippen LogP contribution in [0.3, 0.4) is 0 Å². The number of halogens is 1. The molecule has 1 heterocycles. The summed E-state index contributed by atoms with van der Waals surface area (Å²) in [4.78, 5) is 24.8. The normalized spacial score (nSPS) is 10.2. The Balaban J connectivity index is 2.20. The number of aliphatic carboxylic acids is 1. The maximum Gasteiger partial charge on any atom is 0.317 e. The van der Waals surface area contributed by atoms with Gasteiger partial charge in [-0.05, 0) is 34.8 Å². The van der Waals surface area contributed by atoms with Crippen LogP contribution in [-0.2, 0) is 11.3 Å². The number of rotatable bonds is 7. The summed E-state index contributed by atoms with van der Waals surface area (Å²) < 4.78 is 1.02. The van der Waals surface area contributed by atoms with Gasteiger partial charge in [0.15, 0.2) is 0 Å². The number of nitrogens with zero attached hydrogens (tertiary/aromatic N) is 1. The molecule has 0 saturated carbocycles. The summed E-state index contributed by atoms with van der Waals surface area (Å²) in [6, 6.07) is 1.85. The lowest BCUT2D eigenvalue weighted by atomic mass is 10.2. The van der Waals surface area contributed by atoms with E-state index >= 15 is 0 Å². The minimum atomic E-state index is -0.799. The monoisotopic (exact) mass is 348 g/mol. The molecule has 2 N–H and O–H groups in total. The van der Waals surface area contributed by atoms with Crippen molar-refractivity contribution >= 4 is 39.3 Å². The fourth-order valence-corrected chi connectivity index (χ4v) is 2.98. The van der Waals surface area contributed by atoms with Crippen molar-refractivity contribution in [2.24, 2.45) is 0 Å². The van der Waals surface area contributed by atoms with Crippen LogP contribution in [0, 0.1) is 0 Å². The third kappa shape index (κ3) is 6.58. The van der Waals surface area contributed by atoms with Gasteiger partial charge in [0.2, 0.25) is 0 Å². The van der Waals surface area contributed by atoms with E-state index in [1.165, 1.54) is 0 Å². The van der Waals surface area contributed by atoms with Crippen molar-refractivity contribution in [1.29, 1.82) is 0 Å². The Morgan fingerprint density at radius 2 is 2.21 bits per heavy atom. The quantitative estimate of drug-likeness (QED) is 0.744. The van der Waals surface area contributed by atoms with Gasteiger partial charge in [0.1, 0.15) is 0 Å². The zero-order valence-corrected chi connectivity index (χ0v) is 13.1. The van der Waals surface area contributed by atoms with Crippen molar-refractivity contribution in [3.63, 3.8) is 0 Å². The minimum Gasteiger partial charge on any atom is -0.481 e. The summed E-state index contributed by atoms with van der Waals surface area (Å²) >= 11 is 4.97. The second-order valence-corrected chi connectivity index (χ2v) is 6.08. The predicted octanol–water partition coefficient (Wildman–Crippen LogP) is 2.91. The zero-order chi connectivity index (χ0) is 14.3. The molecule has 0 atom stereocenters. The Bertz CT molecular complexity index is 436. The summed E-state index contributed by atoms with van der Waals surface area (Å²) in [5, 5.41) is 13.2. The molecule has 7 heteroatoms. The summed E-state index contributed by atoms with van der Waals surface area (Å²) in [7, 11) is 1.74. The van der Waals surface area contributed by atoms with Crippen molar-refractivity contribution in [2.45, 2.75) is 25.8 Å². The van der Waals surface area contributed by atoms with Gasteiger partial charge in [0.05, 0.1) is 6.54 Å². The Labute approximate surface area is 124 Å². The molecule has 5 nitrogen and oxygen atoms in total. The van der Waals surface area contributed by atoms with Gasteiger partial charge in [-0.15, -0.1) is 11.3 Å². The van der Waals surface area contributed by atoms with Crippen molar-refractivity contribution < 1.29 is 14.7 Å². The van der Waals surface area contributed by atoms with Gasteiger partial charge in [-0.3, -0.25) is 4.79 Å². The molecule has 0 aliphatic carbocycles. The molecule has 0 radical (unpaired) electrons. The van der Waals surface area contributed by atoms with E-state index in [1.807, 2.05) is 11.4 Å². The summed E-state index contributed by atoms with van der Waals surface area (Å²) in [6.07, 6.45) is 1.41. The molecule has 1 rings (SSSR count). The molecule has 1 aromatic rings. The predicted molar refractivity (Wildman–Crippen MR) is 78.4 cm³/mol. The topological polar surface area (TPSA) is 69.6 Å². The van der Waals surface area contributed by atoms with Crippen LogP contribution in [0.2, 0.25) is 0 Å². The molecule has 0 fully saturated rings. The Morgan fingerprint density at radius 1 is 1.47 bits per heavy atom. The zero-order valence-electron chi connectivity index (χ0n) is 10.7. The van der Waals surface area contributed by atoms with Crippen molar-refractivity contribution in [3.8, 4) is 0 Å². The molecule has 19 heavy (non-hydrogen) atoms. The SMILES string of the molecule is CN(Cc1cc(Br)cs1)C(=O)NCCCCC(=O)O. The average Bonchev–Trinajstić information content (AvgIpc) is 2.73. The first-order valence-electron chi connectivity index (χ1n) is 5.92. The number of amides is 2. The van der Waals surface area contributed by atoms with E-state index < -0.39 is 5.97 Å². The number of carbonyl (C=O) groups is 2. The summed E-state index contributed by atoms with van der Waals surface area (Å²) in [6.45, 7) is 1.07. The highest BCUT2D eigenvalue weighted by Crippen LogP contribution is 2.20. The molecule has 1 aromatic heterocycles. The average molecular weight is 349 g/mol. The largest absolute Gasteiger partial charge is 0.481 e. The van der Waals surface area contributed by atoms with Gasteiger partial charge >= 0.3 is 12.0 Å². The molecule has 0 unspecified atom stereocenters. The number of carboxylic acids is 1. The number of thiophene rings is 1. The minimum absolute atomic E-state index is 0.139. The van der Waals surface area contributed by atoms with E-state index in [-0.39, 0.29) is 12.5 Å². The van der Waals surface area contributed by atoms with E-state index in [1.54, 1.807) is 23.3 Å². The highest BCUT2D eigenvalue weighted by molar-refractivity contribution is 9.10. The highest BCUT2D eigenvalue weighted by Gasteiger charge is 2.09. The molecule has 0 bridgehead atoms. The number of hydrogen-bond donors (Lipinski definition) is 2. The Morgan fingerprint density at radius 3 is 2.79 bits per heavy atom. The summed E-state index contributed by atoms with van der Waals surface area (Å²) in [5.74, 6) is -0.799. The molecular formula is C12H17BrN2O3S. The first-order chi connectivity index (χ1) is 8.99. The van der Waals surface area contributed by atoms with Gasteiger partial charge in [0, 0.05) is 34.7 Å². The third-order valence-electron chi connectivity index (χ3n) is 2.46. The van der Waals surface area contributed by atoms with Gasteiger partial charge in [-0.2, -0.15) is 0 Å². The second-order valence-electron chi connectivity index (χ2n) is 4.17. The van der Waals surface area contributed by atoms with Crippen LogP contribution in [0.1, 0.15) is 24.1 Å². The highest BCUT2D eigenvalue weighted by atomic mass is 79.9. The van der Waals surface area contributed by atoms with E-state index in [4.69, 9.17) is 5.11 Å². The number of unbranched alkanes of at least 4 members (excludes halogenated alkanes) is 1. The molecule has 2 amide bonds. The Kier molecular flexibility index (Phi) is 6.86. The number of urea groups is 1. The lowest BCUT2D eigenvalue weighted by molar-refractivity contribution is -0.137. The van der Waals surface area contributed by atoms with Crippen LogP contribution < -0.4 is 5.32 Å². The van der Waals surface area contributed by atoms with Crippen molar-refractivity contribution in [2.75, 3.05) is 13.6 Å². The molecule has 0 aliphatic heterocycles. The van der Waals surface area contributed by atoms with E-state index in [0.717, 1.165) is 9.35 Å². The number of hydrogen-bond acceptors (Lipinski definition) is 3. The van der Waals surface area contributed by atoms with Crippen LogP contribution in [0.15, 0.2) is 15.9 Å². The fourth-order valence-electron chi connectivity index (χ4n) is 1.47. The number of nitrogens with one attached hydrogen (secondary N) is 1. The van der Waals surface area contributed by atoms with Crippen LogP contribution in [0.4, 0.5) is 4.79 Å². The number of carboxylic acid groups (broad SMARTS) is 1. The van der Waals surface area contributed by atoms with Crippen LogP contribution in [0.25, 0.3) is 0 Å². The van der Waals surface area contributed by atoms with Gasteiger partial charge in [-0.1, -0.05) is 0 Å². The molecule has 0 saturated heterocycles. The van der Waals surface area contributed by atoms with E-state index in [0.29, 0.717) is 25.9 Å². The smallest absolute Gasteiger partial charge is 0.317 e. The molecule has 0 spiro atoms. The second kappa shape index (κ2) is 8.16. The molecule has 0 aliphatic rings. The molecule has 106 valence electrons. The van der Waals surface area contributed by atoms with E-state index in [9.17, 15) is 9.59 Å². The van der Waals surface area contributed by atoms with Crippen molar-refractivity contribution in [3.05, 3.63) is 20.8 Å². The molecular weight excluding hydrogens is 332 g/mol. The standard InChI is InChI=1S/C12H17BrN2O3S/c1-15(7-10-6-9(13)8-19-10)12(18)14-5-3-2-4-11(16)17/h6,8H,2-5,7H2,1H3,(H,14,18)(H,16,17).